The monoisotopic (exact) mass is 370 g/mol. The van der Waals surface area contributed by atoms with Gasteiger partial charge < -0.3 is 14.7 Å². The fourth-order valence-corrected chi connectivity index (χ4v) is 4.78. The zero-order chi connectivity index (χ0) is 18.6. The van der Waals surface area contributed by atoms with Crippen molar-refractivity contribution in [3.05, 3.63) is 24.5 Å². The summed E-state index contributed by atoms with van der Waals surface area (Å²) in [6.07, 6.45) is 9.76. The molecular weight excluding hydrogens is 340 g/mol. The van der Waals surface area contributed by atoms with Crippen molar-refractivity contribution in [2.75, 3.05) is 44.2 Å². The maximum atomic E-state index is 12.9. The number of rotatable bonds is 3. The Morgan fingerprint density at radius 1 is 0.741 bits per heavy atom. The van der Waals surface area contributed by atoms with Gasteiger partial charge in [0.25, 0.3) is 0 Å². The van der Waals surface area contributed by atoms with Gasteiger partial charge in [-0.25, -0.2) is 0 Å². The number of likely N-dealkylation sites (tertiary alicyclic amines) is 1. The van der Waals surface area contributed by atoms with Crippen molar-refractivity contribution in [1.29, 1.82) is 0 Å². The van der Waals surface area contributed by atoms with Gasteiger partial charge in [-0.1, -0.05) is 12.8 Å². The molecule has 1 aromatic rings. The summed E-state index contributed by atoms with van der Waals surface area (Å²) in [6, 6.07) is 4.04. The minimum absolute atomic E-state index is 0.0881. The van der Waals surface area contributed by atoms with E-state index in [1.807, 2.05) is 34.3 Å². The molecule has 4 rings (SSSR count). The van der Waals surface area contributed by atoms with Crippen LogP contribution in [0.15, 0.2) is 24.5 Å². The molecule has 3 fully saturated rings. The third-order valence-corrected chi connectivity index (χ3v) is 6.48. The van der Waals surface area contributed by atoms with E-state index >= 15 is 0 Å². The highest BCUT2D eigenvalue weighted by atomic mass is 16.2. The van der Waals surface area contributed by atoms with Crippen LogP contribution in [0.4, 0.5) is 5.69 Å². The normalized spacial score (nSPS) is 22.3. The number of nitrogens with zero attached hydrogens (tertiary/aromatic N) is 4. The Kier molecular flexibility index (Phi) is 5.60. The first kappa shape index (κ1) is 18.3. The summed E-state index contributed by atoms with van der Waals surface area (Å²) in [6.45, 7) is 4.81. The van der Waals surface area contributed by atoms with E-state index in [0.29, 0.717) is 5.91 Å². The van der Waals surface area contributed by atoms with Gasteiger partial charge in [0.1, 0.15) is 0 Å². The second-order valence-electron chi connectivity index (χ2n) is 8.10. The molecule has 0 radical (unpaired) electrons. The molecular formula is C21H30N4O2. The standard InChI is InChI=1S/C21H30N4O2/c26-20(17-3-1-2-4-17)24-11-7-18(8-12-24)21(27)25-15-13-23(14-16-25)19-5-9-22-10-6-19/h5-6,9-10,17-18H,1-4,7-8,11-16H2. The third kappa shape index (κ3) is 4.09. The van der Waals surface area contributed by atoms with Crippen LogP contribution in [0.2, 0.25) is 0 Å². The molecule has 0 atom stereocenters. The quantitative estimate of drug-likeness (QED) is 0.818. The Morgan fingerprint density at radius 2 is 1.26 bits per heavy atom. The van der Waals surface area contributed by atoms with Crippen LogP contribution in [0.5, 0.6) is 0 Å². The van der Waals surface area contributed by atoms with Gasteiger partial charge in [-0.2, -0.15) is 0 Å². The molecule has 0 spiro atoms. The van der Waals surface area contributed by atoms with E-state index in [0.717, 1.165) is 65.0 Å². The molecule has 3 heterocycles. The zero-order valence-corrected chi connectivity index (χ0v) is 16.1. The predicted molar refractivity (Wildman–Crippen MR) is 104 cm³/mol. The van der Waals surface area contributed by atoms with Gasteiger partial charge in [-0.05, 0) is 37.8 Å². The number of anilines is 1. The van der Waals surface area contributed by atoms with Crippen molar-refractivity contribution in [3.8, 4) is 0 Å². The van der Waals surface area contributed by atoms with Crippen LogP contribution in [-0.4, -0.2) is 65.9 Å². The summed E-state index contributed by atoms with van der Waals surface area (Å²) < 4.78 is 0. The molecule has 6 nitrogen and oxygen atoms in total. The van der Waals surface area contributed by atoms with Gasteiger partial charge in [0.15, 0.2) is 0 Å². The first-order valence-electron chi connectivity index (χ1n) is 10.4. The van der Waals surface area contributed by atoms with Crippen LogP contribution in [-0.2, 0) is 9.59 Å². The number of aromatic nitrogens is 1. The Labute approximate surface area is 161 Å². The zero-order valence-electron chi connectivity index (χ0n) is 16.1. The lowest BCUT2D eigenvalue weighted by Gasteiger charge is -2.39. The van der Waals surface area contributed by atoms with E-state index in [9.17, 15) is 9.59 Å². The lowest BCUT2D eigenvalue weighted by Crippen LogP contribution is -2.52. The van der Waals surface area contributed by atoms with Crippen molar-refractivity contribution in [1.82, 2.24) is 14.8 Å². The first-order valence-corrected chi connectivity index (χ1v) is 10.4. The Balaban J connectivity index is 1.24. The topological polar surface area (TPSA) is 56.8 Å². The summed E-state index contributed by atoms with van der Waals surface area (Å²) in [4.78, 5) is 35.9. The van der Waals surface area contributed by atoms with Gasteiger partial charge in [0.05, 0.1) is 0 Å². The maximum Gasteiger partial charge on any atom is 0.225 e. The SMILES string of the molecule is O=C(C1CCCC1)N1CCC(C(=O)N2CCN(c3ccncc3)CC2)CC1. The predicted octanol–water partition coefficient (Wildman–Crippen LogP) is 2.16. The third-order valence-electron chi connectivity index (χ3n) is 6.48. The molecule has 0 bridgehead atoms. The number of hydrogen-bond acceptors (Lipinski definition) is 4. The van der Waals surface area contributed by atoms with Crippen molar-refractivity contribution in [3.63, 3.8) is 0 Å². The summed E-state index contributed by atoms with van der Waals surface area (Å²) >= 11 is 0. The lowest BCUT2D eigenvalue weighted by molar-refractivity contribution is -0.142. The molecule has 1 saturated carbocycles. The Hall–Kier alpha value is -2.11. The van der Waals surface area contributed by atoms with E-state index in [4.69, 9.17) is 0 Å². The highest BCUT2D eigenvalue weighted by Gasteiger charge is 2.34. The van der Waals surface area contributed by atoms with Gasteiger partial charge in [0, 0.05) is 69.2 Å². The highest BCUT2D eigenvalue weighted by Crippen LogP contribution is 2.29. The van der Waals surface area contributed by atoms with Crippen molar-refractivity contribution < 1.29 is 9.59 Å². The second-order valence-corrected chi connectivity index (χ2v) is 8.10. The van der Waals surface area contributed by atoms with Crippen molar-refractivity contribution in [2.45, 2.75) is 38.5 Å². The number of piperidine rings is 1. The number of pyridine rings is 1. The molecule has 27 heavy (non-hydrogen) atoms. The number of amides is 2. The van der Waals surface area contributed by atoms with E-state index < -0.39 is 0 Å². The summed E-state index contributed by atoms with van der Waals surface area (Å²) in [5, 5.41) is 0. The summed E-state index contributed by atoms with van der Waals surface area (Å²) in [7, 11) is 0. The molecule has 0 N–H and O–H groups in total. The van der Waals surface area contributed by atoms with E-state index in [-0.39, 0.29) is 17.7 Å². The molecule has 2 saturated heterocycles. The molecule has 146 valence electrons. The van der Waals surface area contributed by atoms with Crippen LogP contribution < -0.4 is 4.90 Å². The average molecular weight is 370 g/mol. The molecule has 1 aliphatic carbocycles. The minimum atomic E-state index is 0.0881. The van der Waals surface area contributed by atoms with Gasteiger partial charge >= 0.3 is 0 Å². The van der Waals surface area contributed by atoms with E-state index in [1.54, 1.807) is 0 Å². The number of hydrogen-bond donors (Lipinski definition) is 0. The van der Waals surface area contributed by atoms with Gasteiger partial charge in [-0.15, -0.1) is 0 Å². The number of piperazine rings is 1. The van der Waals surface area contributed by atoms with Crippen LogP contribution >= 0.6 is 0 Å². The van der Waals surface area contributed by atoms with E-state index in [2.05, 4.69) is 9.88 Å². The summed E-state index contributed by atoms with van der Waals surface area (Å²) in [5.74, 6) is 0.963. The highest BCUT2D eigenvalue weighted by molar-refractivity contribution is 5.81. The second kappa shape index (κ2) is 8.28. The maximum absolute atomic E-state index is 12.9. The molecule has 2 amide bonds. The fraction of sp³-hybridized carbons (Fsp3) is 0.667. The number of carbonyl (C=O) groups is 2. The van der Waals surface area contributed by atoms with Crippen LogP contribution in [0.25, 0.3) is 0 Å². The molecule has 3 aliphatic rings. The van der Waals surface area contributed by atoms with Crippen LogP contribution in [0, 0.1) is 11.8 Å². The van der Waals surface area contributed by atoms with Crippen LogP contribution in [0.1, 0.15) is 38.5 Å². The molecule has 1 aromatic heterocycles. The van der Waals surface area contributed by atoms with Crippen molar-refractivity contribution in [2.24, 2.45) is 11.8 Å². The Bertz CT molecular complexity index is 643. The average Bonchev–Trinajstić information content (AvgIpc) is 3.28. The fourth-order valence-electron chi connectivity index (χ4n) is 4.78. The molecule has 2 aliphatic heterocycles. The minimum Gasteiger partial charge on any atom is -0.368 e. The molecule has 6 heteroatoms. The van der Waals surface area contributed by atoms with Gasteiger partial charge in [0.2, 0.25) is 11.8 Å². The molecule has 0 aromatic carbocycles. The smallest absolute Gasteiger partial charge is 0.225 e. The largest absolute Gasteiger partial charge is 0.368 e. The first-order chi connectivity index (χ1) is 13.2. The molecule has 0 unspecified atom stereocenters. The lowest BCUT2D eigenvalue weighted by atomic mass is 9.93. The van der Waals surface area contributed by atoms with Gasteiger partial charge in [-0.3, -0.25) is 14.6 Å². The van der Waals surface area contributed by atoms with Crippen LogP contribution in [0.3, 0.4) is 0 Å². The summed E-state index contributed by atoms with van der Waals surface area (Å²) in [5.41, 5.74) is 1.18. The van der Waals surface area contributed by atoms with E-state index in [1.165, 1.54) is 18.5 Å². The number of carbonyl (C=O) groups excluding carboxylic acids is 2. The Morgan fingerprint density at radius 3 is 1.85 bits per heavy atom. The van der Waals surface area contributed by atoms with Crippen molar-refractivity contribution >= 4 is 17.5 Å².